The van der Waals surface area contributed by atoms with Crippen LogP contribution in [0.4, 0.5) is 5.69 Å². The highest BCUT2D eigenvalue weighted by Crippen LogP contribution is 2.28. The molecular weight excluding hydrogens is 338 g/mol. The van der Waals surface area contributed by atoms with Gasteiger partial charge < -0.3 is 15.2 Å². The number of rotatable bonds is 4. The minimum Gasteiger partial charge on any atom is -0.397 e. The maximum atomic E-state index is 12.7. The van der Waals surface area contributed by atoms with Crippen LogP contribution in [0.1, 0.15) is 46.2 Å². The highest BCUT2D eigenvalue weighted by atomic mass is 16.2. The number of aromatic amines is 1. The first-order chi connectivity index (χ1) is 13.1. The lowest BCUT2D eigenvalue weighted by atomic mass is 9.93. The zero-order valence-electron chi connectivity index (χ0n) is 15.6. The predicted molar refractivity (Wildman–Crippen MR) is 106 cm³/mol. The van der Waals surface area contributed by atoms with Gasteiger partial charge in [0.2, 0.25) is 0 Å². The number of hydrogen-bond donors (Lipinski definition) is 2. The van der Waals surface area contributed by atoms with Crippen LogP contribution in [0.5, 0.6) is 0 Å². The van der Waals surface area contributed by atoms with E-state index in [2.05, 4.69) is 40.5 Å². The summed E-state index contributed by atoms with van der Waals surface area (Å²) in [5.41, 5.74) is 10.6. The molecule has 140 valence electrons. The smallest absolute Gasteiger partial charge is 0.270 e. The van der Waals surface area contributed by atoms with Crippen LogP contribution < -0.4 is 5.73 Å². The fourth-order valence-electron chi connectivity index (χ4n) is 3.84. The minimum atomic E-state index is 0.0550. The molecule has 1 amide bonds. The third kappa shape index (κ3) is 3.74. The predicted octanol–water partition coefficient (Wildman–Crippen LogP) is 2.94. The van der Waals surface area contributed by atoms with Gasteiger partial charge in [-0.2, -0.15) is 5.10 Å². The quantitative estimate of drug-likeness (QED) is 0.748. The van der Waals surface area contributed by atoms with E-state index in [9.17, 15) is 4.79 Å². The van der Waals surface area contributed by atoms with Crippen molar-refractivity contribution in [1.29, 1.82) is 0 Å². The summed E-state index contributed by atoms with van der Waals surface area (Å²) in [5.74, 6) is 0.452. The van der Waals surface area contributed by atoms with Crippen LogP contribution in [0.25, 0.3) is 0 Å². The first-order valence-electron chi connectivity index (χ1n) is 9.39. The van der Waals surface area contributed by atoms with E-state index in [-0.39, 0.29) is 5.91 Å². The molecule has 1 aliphatic rings. The molecule has 0 unspecified atom stereocenters. The number of nitrogens with zero attached hydrogens (tertiary/aromatic N) is 3. The van der Waals surface area contributed by atoms with Gasteiger partial charge in [-0.25, -0.2) is 0 Å². The second-order valence-electron chi connectivity index (χ2n) is 7.32. The van der Waals surface area contributed by atoms with Crippen molar-refractivity contribution in [3.63, 3.8) is 0 Å². The van der Waals surface area contributed by atoms with E-state index in [4.69, 9.17) is 5.73 Å². The SMILES string of the molecule is Cn1cc(N)cc1C(=O)N1CCC(c2cc(Cc3ccccc3)[nH]n2)CC1. The third-order valence-corrected chi connectivity index (χ3v) is 5.33. The van der Waals surface area contributed by atoms with E-state index >= 15 is 0 Å². The Labute approximate surface area is 159 Å². The number of carbonyl (C=O) groups is 1. The van der Waals surface area contributed by atoms with Crippen LogP contribution in [-0.4, -0.2) is 38.7 Å². The van der Waals surface area contributed by atoms with Crippen LogP contribution in [0.2, 0.25) is 0 Å². The summed E-state index contributed by atoms with van der Waals surface area (Å²) < 4.78 is 1.80. The molecule has 1 fully saturated rings. The molecule has 0 aliphatic carbocycles. The molecule has 3 N–H and O–H groups in total. The number of benzene rings is 1. The largest absolute Gasteiger partial charge is 0.397 e. The average Bonchev–Trinajstić information content (AvgIpc) is 3.28. The number of aryl methyl sites for hydroxylation is 1. The van der Waals surface area contributed by atoms with E-state index in [1.54, 1.807) is 16.8 Å². The molecule has 2 aromatic heterocycles. The van der Waals surface area contributed by atoms with E-state index < -0.39 is 0 Å². The lowest BCUT2D eigenvalue weighted by Gasteiger charge is -2.31. The Hall–Kier alpha value is -3.02. The van der Waals surface area contributed by atoms with Gasteiger partial charge in [0, 0.05) is 44.4 Å². The normalized spacial score (nSPS) is 15.2. The van der Waals surface area contributed by atoms with Crippen LogP contribution in [0.3, 0.4) is 0 Å². The van der Waals surface area contributed by atoms with Crippen molar-refractivity contribution in [3.8, 4) is 0 Å². The Morgan fingerprint density at radius 1 is 1.22 bits per heavy atom. The molecule has 0 bridgehead atoms. The lowest BCUT2D eigenvalue weighted by Crippen LogP contribution is -2.38. The molecule has 3 aromatic rings. The Balaban J connectivity index is 1.37. The van der Waals surface area contributed by atoms with E-state index in [0.717, 1.165) is 43.7 Å². The topological polar surface area (TPSA) is 79.9 Å². The molecule has 6 heteroatoms. The van der Waals surface area contributed by atoms with Crippen molar-refractivity contribution in [2.24, 2.45) is 7.05 Å². The zero-order chi connectivity index (χ0) is 18.8. The number of nitrogens with two attached hydrogens (primary N) is 1. The Kier molecular flexibility index (Phi) is 4.71. The van der Waals surface area contributed by atoms with Gasteiger partial charge in [-0.05, 0) is 30.5 Å². The Morgan fingerprint density at radius 2 is 1.96 bits per heavy atom. The third-order valence-electron chi connectivity index (χ3n) is 5.33. The number of aromatic nitrogens is 3. The van der Waals surface area contributed by atoms with E-state index in [1.165, 1.54) is 5.56 Å². The van der Waals surface area contributed by atoms with Crippen molar-refractivity contribution < 1.29 is 4.79 Å². The number of nitrogen functional groups attached to an aromatic ring is 1. The molecule has 0 radical (unpaired) electrons. The summed E-state index contributed by atoms with van der Waals surface area (Å²) in [5, 5.41) is 7.71. The van der Waals surface area contributed by atoms with E-state index in [1.807, 2.05) is 18.0 Å². The average molecular weight is 363 g/mol. The number of carbonyl (C=O) groups excluding carboxylic acids is 1. The van der Waals surface area contributed by atoms with Crippen LogP contribution in [0, 0.1) is 0 Å². The fourth-order valence-corrected chi connectivity index (χ4v) is 3.84. The van der Waals surface area contributed by atoms with Crippen LogP contribution >= 0.6 is 0 Å². The second-order valence-corrected chi connectivity index (χ2v) is 7.32. The molecule has 3 heterocycles. The summed E-state index contributed by atoms with van der Waals surface area (Å²) in [7, 11) is 1.86. The van der Waals surface area contributed by atoms with Gasteiger partial charge in [-0.3, -0.25) is 9.89 Å². The monoisotopic (exact) mass is 363 g/mol. The molecule has 0 spiro atoms. The van der Waals surface area contributed by atoms with Crippen molar-refractivity contribution in [2.75, 3.05) is 18.8 Å². The molecule has 4 rings (SSSR count). The Morgan fingerprint density at radius 3 is 2.63 bits per heavy atom. The number of piperidine rings is 1. The van der Waals surface area contributed by atoms with Gasteiger partial charge in [-0.1, -0.05) is 30.3 Å². The van der Waals surface area contributed by atoms with Gasteiger partial charge >= 0.3 is 0 Å². The van der Waals surface area contributed by atoms with Crippen molar-refractivity contribution in [2.45, 2.75) is 25.2 Å². The summed E-state index contributed by atoms with van der Waals surface area (Å²) in [6.45, 7) is 1.49. The second kappa shape index (κ2) is 7.31. The molecule has 1 saturated heterocycles. The molecular formula is C21H25N5O. The molecule has 1 aliphatic heterocycles. The summed E-state index contributed by atoms with van der Waals surface area (Å²) in [4.78, 5) is 14.6. The lowest BCUT2D eigenvalue weighted by molar-refractivity contribution is 0.0702. The number of anilines is 1. The molecule has 6 nitrogen and oxygen atoms in total. The van der Waals surface area contributed by atoms with Crippen LogP contribution in [-0.2, 0) is 13.5 Å². The zero-order valence-corrected chi connectivity index (χ0v) is 15.6. The molecule has 1 aromatic carbocycles. The minimum absolute atomic E-state index is 0.0550. The summed E-state index contributed by atoms with van der Waals surface area (Å²) in [6, 6.07) is 14.3. The summed E-state index contributed by atoms with van der Waals surface area (Å²) >= 11 is 0. The van der Waals surface area contributed by atoms with Crippen molar-refractivity contribution in [3.05, 3.63) is 71.3 Å². The highest BCUT2D eigenvalue weighted by molar-refractivity contribution is 5.93. The van der Waals surface area contributed by atoms with E-state index in [0.29, 0.717) is 17.3 Å². The van der Waals surface area contributed by atoms with Gasteiger partial charge in [0.05, 0.1) is 11.4 Å². The maximum absolute atomic E-state index is 12.7. The first kappa shape index (κ1) is 17.4. The standard InChI is InChI=1S/C21H25N5O/c1-25-14-17(22)12-20(25)21(27)26-9-7-16(8-10-26)19-13-18(23-24-19)11-15-5-3-2-4-6-15/h2-6,12-14,16H,7-11,22H2,1H3,(H,23,24). The van der Waals surface area contributed by atoms with Gasteiger partial charge in [0.25, 0.3) is 5.91 Å². The van der Waals surface area contributed by atoms with Gasteiger partial charge in [-0.15, -0.1) is 0 Å². The summed E-state index contributed by atoms with van der Waals surface area (Å²) in [6.07, 6.45) is 4.50. The van der Waals surface area contributed by atoms with Crippen molar-refractivity contribution >= 4 is 11.6 Å². The highest BCUT2D eigenvalue weighted by Gasteiger charge is 2.27. The van der Waals surface area contributed by atoms with Crippen LogP contribution in [0.15, 0.2) is 48.7 Å². The Bertz CT molecular complexity index is 919. The number of hydrogen-bond acceptors (Lipinski definition) is 3. The fraction of sp³-hybridized carbons (Fsp3) is 0.333. The van der Waals surface area contributed by atoms with Crippen molar-refractivity contribution in [1.82, 2.24) is 19.7 Å². The van der Waals surface area contributed by atoms with Gasteiger partial charge in [0.15, 0.2) is 0 Å². The number of H-pyrrole nitrogens is 1. The first-order valence-corrected chi connectivity index (χ1v) is 9.39. The molecule has 0 atom stereocenters. The van der Waals surface area contributed by atoms with Gasteiger partial charge in [0.1, 0.15) is 5.69 Å². The molecule has 0 saturated carbocycles. The number of amides is 1. The maximum Gasteiger partial charge on any atom is 0.270 e. The number of likely N-dealkylation sites (tertiary alicyclic amines) is 1. The number of nitrogens with one attached hydrogen (secondary N) is 1. The molecule has 27 heavy (non-hydrogen) atoms.